The Kier molecular flexibility index (Phi) is 2.90. The van der Waals surface area contributed by atoms with E-state index in [1.807, 2.05) is 0 Å². The zero-order chi connectivity index (χ0) is 11.5. The number of hydrogen-bond acceptors (Lipinski definition) is 3. The number of anilines is 1. The lowest BCUT2D eigenvalue weighted by atomic mass is 10.2. The fourth-order valence-corrected chi connectivity index (χ4v) is 1.38. The van der Waals surface area contributed by atoms with Gasteiger partial charge in [0.2, 0.25) is 5.91 Å². The van der Waals surface area contributed by atoms with Gasteiger partial charge in [0.25, 0.3) is 0 Å². The van der Waals surface area contributed by atoms with E-state index in [0.29, 0.717) is 17.0 Å². The minimum absolute atomic E-state index is 0.177. The molecule has 1 N–H and O–H groups in total. The lowest BCUT2D eigenvalue weighted by Crippen LogP contribution is -2.09. The van der Waals surface area contributed by atoms with E-state index < -0.39 is 0 Å². The first kappa shape index (κ1) is 10.7. The van der Waals surface area contributed by atoms with Gasteiger partial charge in [0.15, 0.2) is 0 Å². The van der Waals surface area contributed by atoms with Gasteiger partial charge < -0.3 is 10.1 Å². The van der Waals surface area contributed by atoms with Gasteiger partial charge in [-0.1, -0.05) is 0 Å². The summed E-state index contributed by atoms with van der Waals surface area (Å²) in [6.45, 7) is 1.43. The molecule has 16 heavy (non-hydrogen) atoms. The molecule has 1 fully saturated rings. The zero-order valence-corrected chi connectivity index (χ0v) is 9.03. The summed E-state index contributed by atoms with van der Waals surface area (Å²) in [4.78, 5) is 21.6. The molecule has 0 bridgehead atoms. The van der Waals surface area contributed by atoms with E-state index in [0.717, 1.165) is 19.1 Å². The summed E-state index contributed by atoms with van der Waals surface area (Å²) < 4.78 is 5.63. The van der Waals surface area contributed by atoms with Crippen LogP contribution >= 0.6 is 0 Å². The Morgan fingerprint density at radius 3 is 2.81 bits per heavy atom. The number of carbonyl (C=O) groups is 2. The van der Waals surface area contributed by atoms with Crippen LogP contribution in [0.3, 0.4) is 0 Å². The number of carbonyl (C=O) groups excluding carboxylic acids is 2. The minimum atomic E-state index is -0.177. The van der Waals surface area contributed by atoms with Crippen molar-refractivity contribution >= 4 is 17.9 Å². The van der Waals surface area contributed by atoms with Crippen LogP contribution in [0.25, 0.3) is 0 Å². The molecule has 1 aromatic carbocycles. The van der Waals surface area contributed by atoms with Crippen LogP contribution in [-0.4, -0.2) is 18.3 Å². The SMILES string of the molecule is CC(=O)Nc1cc(C=O)ccc1OC1CC1. The highest BCUT2D eigenvalue weighted by Crippen LogP contribution is 2.32. The number of aldehydes is 1. The fourth-order valence-electron chi connectivity index (χ4n) is 1.38. The van der Waals surface area contributed by atoms with Gasteiger partial charge in [0, 0.05) is 12.5 Å². The van der Waals surface area contributed by atoms with Crippen molar-refractivity contribution in [1.29, 1.82) is 0 Å². The van der Waals surface area contributed by atoms with Crippen LogP contribution in [0.15, 0.2) is 18.2 Å². The molecule has 0 saturated heterocycles. The molecule has 0 heterocycles. The van der Waals surface area contributed by atoms with Gasteiger partial charge in [-0.3, -0.25) is 9.59 Å². The largest absolute Gasteiger partial charge is 0.488 e. The van der Waals surface area contributed by atoms with Crippen LogP contribution in [0, 0.1) is 0 Å². The van der Waals surface area contributed by atoms with Gasteiger partial charge in [0.05, 0.1) is 11.8 Å². The number of ether oxygens (including phenoxy) is 1. The molecule has 0 radical (unpaired) electrons. The van der Waals surface area contributed by atoms with Crippen molar-refractivity contribution in [1.82, 2.24) is 0 Å². The quantitative estimate of drug-likeness (QED) is 0.788. The average molecular weight is 219 g/mol. The molecule has 1 aliphatic rings. The number of benzene rings is 1. The molecular formula is C12H13NO3. The molecule has 4 nitrogen and oxygen atoms in total. The summed E-state index contributed by atoms with van der Waals surface area (Å²) in [7, 11) is 0. The van der Waals surface area contributed by atoms with Crippen LogP contribution in [0.1, 0.15) is 30.1 Å². The summed E-state index contributed by atoms with van der Waals surface area (Å²) in [5, 5.41) is 2.66. The standard InChI is InChI=1S/C12H13NO3/c1-8(15)13-11-6-9(7-14)2-5-12(11)16-10-3-4-10/h2,5-7,10H,3-4H2,1H3,(H,13,15). The molecule has 4 heteroatoms. The predicted octanol–water partition coefficient (Wildman–Crippen LogP) is 2.00. The van der Waals surface area contributed by atoms with Crippen LogP contribution in [0.4, 0.5) is 5.69 Å². The van der Waals surface area contributed by atoms with Crippen molar-refractivity contribution < 1.29 is 14.3 Å². The molecule has 84 valence electrons. The maximum absolute atomic E-state index is 11.0. The third kappa shape index (κ3) is 2.59. The second-order valence-electron chi connectivity index (χ2n) is 3.87. The third-order valence-electron chi connectivity index (χ3n) is 2.27. The molecule has 0 atom stereocenters. The van der Waals surface area contributed by atoms with Crippen molar-refractivity contribution in [2.75, 3.05) is 5.32 Å². The summed E-state index contributed by atoms with van der Waals surface area (Å²) in [5.41, 5.74) is 1.08. The highest BCUT2D eigenvalue weighted by atomic mass is 16.5. The second kappa shape index (κ2) is 4.35. The summed E-state index contributed by atoms with van der Waals surface area (Å²) in [5.74, 6) is 0.451. The van der Waals surface area contributed by atoms with Gasteiger partial charge in [-0.05, 0) is 31.0 Å². The first-order chi connectivity index (χ1) is 7.69. The smallest absolute Gasteiger partial charge is 0.221 e. The number of rotatable bonds is 4. The lowest BCUT2D eigenvalue weighted by molar-refractivity contribution is -0.114. The predicted molar refractivity (Wildman–Crippen MR) is 59.8 cm³/mol. The molecule has 0 aromatic heterocycles. The van der Waals surface area contributed by atoms with Gasteiger partial charge in [-0.15, -0.1) is 0 Å². The van der Waals surface area contributed by atoms with Crippen molar-refractivity contribution in [3.05, 3.63) is 23.8 Å². The molecule has 1 aromatic rings. The van der Waals surface area contributed by atoms with Crippen molar-refractivity contribution in [3.8, 4) is 5.75 Å². The normalized spacial score (nSPS) is 14.3. The van der Waals surface area contributed by atoms with E-state index in [4.69, 9.17) is 4.74 Å². The van der Waals surface area contributed by atoms with E-state index in [-0.39, 0.29) is 12.0 Å². The van der Waals surface area contributed by atoms with E-state index in [1.165, 1.54) is 6.92 Å². The van der Waals surface area contributed by atoms with Gasteiger partial charge in [0.1, 0.15) is 12.0 Å². The van der Waals surface area contributed by atoms with Crippen LogP contribution in [0.2, 0.25) is 0 Å². The van der Waals surface area contributed by atoms with Crippen molar-refractivity contribution in [3.63, 3.8) is 0 Å². The van der Waals surface area contributed by atoms with Gasteiger partial charge in [-0.2, -0.15) is 0 Å². The van der Waals surface area contributed by atoms with E-state index in [9.17, 15) is 9.59 Å². The highest BCUT2D eigenvalue weighted by Gasteiger charge is 2.24. The van der Waals surface area contributed by atoms with Crippen molar-refractivity contribution in [2.24, 2.45) is 0 Å². The average Bonchev–Trinajstić information content (AvgIpc) is 3.03. The first-order valence-electron chi connectivity index (χ1n) is 5.22. The van der Waals surface area contributed by atoms with E-state index >= 15 is 0 Å². The molecular weight excluding hydrogens is 206 g/mol. The Hall–Kier alpha value is -1.84. The lowest BCUT2D eigenvalue weighted by Gasteiger charge is -2.11. The highest BCUT2D eigenvalue weighted by molar-refractivity contribution is 5.92. The Morgan fingerprint density at radius 2 is 2.25 bits per heavy atom. The molecule has 0 spiro atoms. The second-order valence-corrected chi connectivity index (χ2v) is 3.87. The molecule has 1 aliphatic carbocycles. The summed E-state index contributed by atoms with van der Waals surface area (Å²) in [6, 6.07) is 5.01. The van der Waals surface area contributed by atoms with Crippen molar-refractivity contribution in [2.45, 2.75) is 25.9 Å². The Balaban J connectivity index is 2.25. The number of amides is 1. The van der Waals surface area contributed by atoms with Crippen LogP contribution in [0.5, 0.6) is 5.75 Å². The Bertz CT molecular complexity index is 424. The Labute approximate surface area is 93.6 Å². The number of nitrogens with one attached hydrogen (secondary N) is 1. The molecule has 0 aliphatic heterocycles. The van der Waals surface area contributed by atoms with E-state index in [1.54, 1.807) is 18.2 Å². The van der Waals surface area contributed by atoms with Gasteiger partial charge >= 0.3 is 0 Å². The fraction of sp³-hybridized carbons (Fsp3) is 0.333. The third-order valence-corrected chi connectivity index (χ3v) is 2.27. The zero-order valence-electron chi connectivity index (χ0n) is 9.03. The van der Waals surface area contributed by atoms with Crippen LogP contribution < -0.4 is 10.1 Å². The summed E-state index contributed by atoms with van der Waals surface area (Å²) in [6.07, 6.45) is 3.10. The molecule has 2 rings (SSSR count). The monoisotopic (exact) mass is 219 g/mol. The molecule has 1 amide bonds. The maximum Gasteiger partial charge on any atom is 0.221 e. The Morgan fingerprint density at radius 1 is 1.50 bits per heavy atom. The van der Waals surface area contributed by atoms with E-state index in [2.05, 4.69) is 5.32 Å². The number of hydrogen-bond donors (Lipinski definition) is 1. The molecule has 1 saturated carbocycles. The summed E-state index contributed by atoms with van der Waals surface area (Å²) >= 11 is 0. The topological polar surface area (TPSA) is 55.4 Å². The minimum Gasteiger partial charge on any atom is -0.488 e. The van der Waals surface area contributed by atoms with Gasteiger partial charge in [-0.25, -0.2) is 0 Å². The molecule has 0 unspecified atom stereocenters. The maximum atomic E-state index is 11.0. The first-order valence-corrected chi connectivity index (χ1v) is 5.22. The van der Waals surface area contributed by atoms with Crippen LogP contribution in [-0.2, 0) is 4.79 Å².